The molecule has 1 heterocycles. The minimum absolute atomic E-state index is 0.0870. The van der Waals surface area contributed by atoms with Crippen LogP contribution >= 0.6 is 0 Å². The van der Waals surface area contributed by atoms with Crippen LogP contribution in [-0.2, 0) is 0 Å². The minimum Gasteiger partial charge on any atom is -0.423 e. The van der Waals surface area contributed by atoms with Crippen molar-refractivity contribution in [1.82, 2.24) is 4.98 Å². The van der Waals surface area contributed by atoms with Crippen LogP contribution in [0.15, 0.2) is 22.6 Å². The summed E-state index contributed by atoms with van der Waals surface area (Å²) in [5.74, 6) is 0. The van der Waals surface area contributed by atoms with Crippen LogP contribution < -0.4 is 11.1 Å². The summed E-state index contributed by atoms with van der Waals surface area (Å²) in [5, 5.41) is 2.85. The van der Waals surface area contributed by atoms with Gasteiger partial charge in [0.2, 0.25) is 0 Å². The Bertz CT molecular complexity index is 551. The summed E-state index contributed by atoms with van der Waals surface area (Å²) < 4.78 is 41.1. The second-order valence-electron chi connectivity index (χ2n) is 4.25. The standard InChI is InChI=1S/C12H14F3N3O/c13-12(14,15)5-1-2-6-17-11-18-9-4-3-8(16)7-10(9)19-11/h3-4,7H,1-2,5-6,16H2,(H,17,18). The molecule has 0 saturated heterocycles. The molecule has 0 bridgehead atoms. The lowest BCUT2D eigenvalue weighted by Crippen LogP contribution is -2.08. The predicted octanol–water partition coefficient (Wildman–Crippen LogP) is 3.55. The number of oxazole rings is 1. The Morgan fingerprint density at radius 1 is 1.26 bits per heavy atom. The van der Waals surface area contributed by atoms with Crippen LogP contribution in [0.1, 0.15) is 19.3 Å². The van der Waals surface area contributed by atoms with Crippen molar-refractivity contribution in [1.29, 1.82) is 0 Å². The highest BCUT2D eigenvalue weighted by molar-refractivity contribution is 5.77. The molecule has 0 fully saturated rings. The van der Waals surface area contributed by atoms with Crippen LogP contribution in [0, 0.1) is 0 Å². The van der Waals surface area contributed by atoms with E-state index in [4.69, 9.17) is 10.2 Å². The largest absolute Gasteiger partial charge is 0.423 e. The lowest BCUT2D eigenvalue weighted by molar-refractivity contribution is -0.135. The summed E-state index contributed by atoms with van der Waals surface area (Å²) in [4.78, 5) is 4.14. The van der Waals surface area contributed by atoms with Crippen molar-refractivity contribution in [2.45, 2.75) is 25.4 Å². The van der Waals surface area contributed by atoms with Gasteiger partial charge in [-0.3, -0.25) is 0 Å². The van der Waals surface area contributed by atoms with Crippen molar-refractivity contribution in [3.63, 3.8) is 0 Å². The normalized spacial score (nSPS) is 11.9. The van der Waals surface area contributed by atoms with Gasteiger partial charge in [-0.25, -0.2) is 0 Å². The quantitative estimate of drug-likeness (QED) is 0.646. The Morgan fingerprint density at radius 2 is 2.05 bits per heavy atom. The summed E-state index contributed by atoms with van der Waals surface area (Å²) in [6.07, 6.45) is -4.36. The summed E-state index contributed by atoms with van der Waals surface area (Å²) in [6.45, 7) is 0.387. The van der Waals surface area contributed by atoms with Crippen molar-refractivity contribution in [3.05, 3.63) is 18.2 Å². The van der Waals surface area contributed by atoms with Crippen LogP contribution in [-0.4, -0.2) is 17.7 Å². The maximum Gasteiger partial charge on any atom is 0.389 e. The van der Waals surface area contributed by atoms with Gasteiger partial charge in [0, 0.05) is 24.7 Å². The number of unbranched alkanes of at least 4 members (excludes halogenated alkanes) is 1. The van der Waals surface area contributed by atoms with Crippen molar-refractivity contribution in [2.24, 2.45) is 0 Å². The first-order valence-corrected chi connectivity index (χ1v) is 5.91. The van der Waals surface area contributed by atoms with E-state index in [0.29, 0.717) is 35.8 Å². The molecule has 1 aromatic carbocycles. The molecule has 0 amide bonds. The van der Waals surface area contributed by atoms with Crippen molar-refractivity contribution in [3.8, 4) is 0 Å². The number of fused-ring (bicyclic) bond motifs is 1. The van der Waals surface area contributed by atoms with Crippen LogP contribution in [0.3, 0.4) is 0 Å². The van der Waals surface area contributed by atoms with Crippen LogP contribution in [0.2, 0.25) is 0 Å². The number of hydrogen-bond donors (Lipinski definition) is 2. The molecule has 7 heteroatoms. The number of aromatic nitrogens is 1. The predicted molar refractivity (Wildman–Crippen MR) is 66.8 cm³/mol. The molecule has 0 atom stereocenters. The van der Waals surface area contributed by atoms with E-state index in [1.807, 2.05) is 0 Å². The SMILES string of the molecule is Nc1ccc2nc(NCCCCC(F)(F)F)oc2c1. The fourth-order valence-corrected chi connectivity index (χ4v) is 1.66. The molecule has 0 aliphatic carbocycles. The van der Waals surface area contributed by atoms with Crippen LogP contribution in [0.5, 0.6) is 0 Å². The Labute approximate surface area is 107 Å². The zero-order valence-corrected chi connectivity index (χ0v) is 10.1. The zero-order chi connectivity index (χ0) is 13.9. The molecule has 1 aromatic heterocycles. The van der Waals surface area contributed by atoms with Crippen molar-refractivity contribution < 1.29 is 17.6 Å². The highest BCUT2D eigenvalue weighted by Gasteiger charge is 2.25. The molecule has 0 radical (unpaired) electrons. The molecule has 0 aliphatic rings. The topological polar surface area (TPSA) is 64.1 Å². The molecular formula is C12H14F3N3O. The number of rotatable bonds is 5. The molecule has 0 aliphatic heterocycles. The van der Waals surface area contributed by atoms with Gasteiger partial charge < -0.3 is 15.5 Å². The minimum atomic E-state index is -4.09. The fraction of sp³-hybridized carbons (Fsp3) is 0.417. The van der Waals surface area contributed by atoms with Crippen LogP contribution in [0.4, 0.5) is 24.9 Å². The average molecular weight is 273 g/mol. The second kappa shape index (κ2) is 5.38. The number of nitrogens with two attached hydrogens (primary N) is 1. The number of anilines is 2. The zero-order valence-electron chi connectivity index (χ0n) is 10.1. The number of halogens is 3. The van der Waals surface area contributed by atoms with E-state index < -0.39 is 12.6 Å². The summed E-state index contributed by atoms with van der Waals surface area (Å²) in [7, 11) is 0. The highest BCUT2D eigenvalue weighted by Crippen LogP contribution is 2.23. The third-order valence-electron chi connectivity index (χ3n) is 2.58. The highest BCUT2D eigenvalue weighted by atomic mass is 19.4. The smallest absolute Gasteiger partial charge is 0.389 e. The Kier molecular flexibility index (Phi) is 3.82. The Morgan fingerprint density at radius 3 is 2.79 bits per heavy atom. The van der Waals surface area contributed by atoms with Crippen LogP contribution in [0.25, 0.3) is 11.1 Å². The number of nitrogens with zero attached hydrogens (tertiary/aromatic N) is 1. The first-order chi connectivity index (χ1) is 8.94. The molecule has 104 valence electrons. The van der Waals surface area contributed by atoms with Gasteiger partial charge in [-0.15, -0.1) is 0 Å². The number of nitrogens with one attached hydrogen (secondary N) is 1. The van der Waals surface area contributed by atoms with Gasteiger partial charge in [0.15, 0.2) is 5.58 Å². The summed E-state index contributed by atoms with van der Waals surface area (Å²) in [6, 6.07) is 5.38. The van der Waals surface area contributed by atoms with Gasteiger partial charge in [-0.2, -0.15) is 18.2 Å². The van der Waals surface area contributed by atoms with E-state index in [1.54, 1.807) is 18.2 Å². The van der Waals surface area contributed by atoms with Gasteiger partial charge in [0.05, 0.1) is 0 Å². The number of hydrogen-bond acceptors (Lipinski definition) is 4. The van der Waals surface area contributed by atoms with E-state index in [0.717, 1.165) is 0 Å². The fourth-order valence-electron chi connectivity index (χ4n) is 1.66. The van der Waals surface area contributed by atoms with Gasteiger partial charge in [0.25, 0.3) is 6.01 Å². The average Bonchev–Trinajstić information content (AvgIpc) is 2.68. The third-order valence-corrected chi connectivity index (χ3v) is 2.58. The van der Waals surface area contributed by atoms with Gasteiger partial charge >= 0.3 is 6.18 Å². The van der Waals surface area contributed by atoms with Gasteiger partial charge in [-0.05, 0) is 25.0 Å². The van der Waals surface area contributed by atoms with Gasteiger partial charge in [-0.1, -0.05) is 0 Å². The Balaban J connectivity index is 1.82. The first kappa shape index (κ1) is 13.5. The molecule has 0 saturated carbocycles. The van der Waals surface area contributed by atoms with E-state index in [9.17, 15) is 13.2 Å². The summed E-state index contributed by atoms with van der Waals surface area (Å²) in [5.41, 5.74) is 7.38. The molecule has 2 rings (SSSR count). The third kappa shape index (κ3) is 4.04. The van der Waals surface area contributed by atoms with E-state index in [-0.39, 0.29) is 6.42 Å². The summed E-state index contributed by atoms with van der Waals surface area (Å²) >= 11 is 0. The molecule has 0 unspecified atom stereocenters. The lowest BCUT2D eigenvalue weighted by Gasteiger charge is -2.05. The van der Waals surface area contributed by atoms with Gasteiger partial charge in [0.1, 0.15) is 5.52 Å². The van der Waals surface area contributed by atoms with E-state index in [1.165, 1.54) is 0 Å². The number of nitrogen functional groups attached to an aromatic ring is 1. The molecule has 19 heavy (non-hydrogen) atoms. The maximum atomic E-state index is 11.9. The second-order valence-corrected chi connectivity index (χ2v) is 4.25. The monoisotopic (exact) mass is 273 g/mol. The molecule has 4 nitrogen and oxygen atoms in total. The molecule has 3 N–H and O–H groups in total. The number of alkyl halides is 3. The first-order valence-electron chi connectivity index (χ1n) is 5.91. The maximum absolute atomic E-state index is 11.9. The van der Waals surface area contributed by atoms with E-state index >= 15 is 0 Å². The number of benzene rings is 1. The van der Waals surface area contributed by atoms with E-state index in [2.05, 4.69) is 10.3 Å². The molecular weight excluding hydrogens is 259 g/mol. The molecule has 0 spiro atoms. The molecule has 2 aromatic rings. The van der Waals surface area contributed by atoms with Crippen molar-refractivity contribution in [2.75, 3.05) is 17.6 Å². The lowest BCUT2D eigenvalue weighted by atomic mass is 10.2. The Hall–Kier alpha value is -1.92. The van der Waals surface area contributed by atoms with Crippen molar-refractivity contribution >= 4 is 22.8 Å².